The van der Waals surface area contributed by atoms with Gasteiger partial charge < -0.3 is 4.74 Å². The molecule has 0 aliphatic heterocycles. The van der Waals surface area contributed by atoms with Crippen LogP contribution in [0.5, 0.6) is 0 Å². The fourth-order valence-electron chi connectivity index (χ4n) is 0.928. The van der Waals surface area contributed by atoms with Crippen LogP contribution in [-0.4, -0.2) is 13.1 Å². The lowest BCUT2D eigenvalue weighted by Crippen LogP contribution is -1.98. The van der Waals surface area contributed by atoms with Gasteiger partial charge in [-0.05, 0) is 26.2 Å². The third-order valence-corrected chi connectivity index (χ3v) is 1.65. The normalized spacial score (nSPS) is 10.5. The monoisotopic (exact) mass is 169 g/mol. The van der Waals surface area contributed by atoms with Crippen molar-refractivity contribution in [3.05, 3.63) is 19.1 Å². The van der Waals surface area contributed by atoms with Gasteiger partial charge in [0.2, 0.25) is 0 Å². The molecule has 12 heavy (non-hydrogen) atoms. The fourth-order valence-corrected chi connectivity index (χ4v) is 0.928. The van der Waals surface area contributed by atoms with Gasteiger partial charge in [0.1, 0.15) is 0 Å². The minimum Gasteiger partial charge on any atom is -0.469 e. The molecule has 69 valence electrons. The molecule has 2 heteroatoms. The van der Waals surface area contributed by atoms with Crippen LogP contribution in [0.3, 0.4) is 0 Å². The van der Waals surface area contributed by atoms with Gasteiger partial charge in [0, 0.05) is 6.42 Å². The molecule has 0 atom stereocenters. The number of methoxy groups -OCH3 is 1. The minimum absolute atomic E-state index is 0.109. The van der Waals surface area contributed by atoms with E-state index < -0.39 is 0 Å². The molecule has 0 rings (SSSR count). The number of rotatable bonds is 6. The number of unbranched alkanes of at least 4 members (excludes halogenated alkanes) is 3. The zero-order valence-corrected chi connectivity index (χ0v) is 7.71. The van der Waals surface area contributed by atoms with E-state index in [-0.39, 0.29) is 5.97 Å². The number of carbonyl (C=O) groups excluding carboxylic acids is 1. The van der Waals surface area contributed by atoms with Crippen LogP contribution in [0.25, 0.3) is 0 Å². The van der Waals surface area contributed by atoms with Crippen molar-refractivity contribution in [2.75, 3.05) is 7.11 Å². The van der Waals surface area contributed by atoms with Crippen molar-refractivity contribution in [2.45, 2.75) is 32.1 Å². The first-order chi connectivity index (χ1) is 5.81. The lowest BCUT2D eigenvalue weighted by atomic mass is 10.1. The molecule has 0 amide bonds. The maximum Gasteiger partial charge on any atom is 0.305 e. The summed E-state index contributed by atoms with van der Waals surface area (Å²) in [5, 5.41) is 0. The van der Waals surface area contributed by atoms with Gasteiger partial charge >= 0.3 is 5.97 Å². The number of hydrogen-bond donors (Lipinski definition) is 0. The highest BCUT2D eigenvalue weighted by Gasteiger charge is 1.97. The van der Waals surface area contributed by atoms with E-state index >= 15 is 0 Å². The van der Waals surface area contributed by atoms with Gasteiger partial charge in [-0.25, -0.2) is 0 Å². The molecule has 0 bridgehead atoms. The number of carbonyl (C=O) groups is 1. The smallest absolute Gasteiger partial charge is 0.305 e. The second-order valence-electron chi connectivity index (χ2n) is 2.65. The molecule has 0 aromatic rings. The molecule has 0 aromatic heterocycles. The van der Waals surface area contributed by atoms with Gasteiger partial charge in [-0.2, -0.15) is 0 Å². The van der Waals surface area contributed by atoms with Crippen molar-refractivity contribution in [3.63, 3.8) is 0 Å². The van der Waals surface area contributed by atoms with E-state index in [1.165, 1.54) is 7.11 Å². The number of esters is 1. The quantitative estimate of drug-likeness (QED) is 0.451. The molecule has 0 unspecified atom stereocenters. The van der Waals surface area contributed by atoms with Crippen LogP contribution in [0.15, 0.2) is 12.2 Å². The Morgan fingerprint density at radius 2 is 2.17 bits per heavy atom. The first-order valence-corrected chi connectivity index (χ1v) is 4.32. The Bertz CT molecular complexity index is 139. The Labute approximate surface area is 74.6 Å². The molecule has 0 aliphatic carbocycles. The summed E-state index contributed by atoms with van der Waals surface area (Å²) in [5.41, 5.74) is 0. The minimum atomic E-state index is -0.109. The molecule has 0 fully saturated rings. The Morgan fingerprint density at radius 1 is 1.42 bits per heavy atom. The fraction of sp³-hybridized carbons (Fsp3) is 0.600. The summed E-state index contributed by atoms with van der Waals surface area (Å²) in [7, 11) is 1.42. The largest absolute Gasteiger partial charge is 0.469 e. The highest BCUT2D eigenvalue weighted by atomic mass is 16.5. The summed E-state index contributed by atoms with van der Waals surface area (Å²) < 4.78 is 4.51. The van der Waals surface area contributed by atoms with Crippen LogP contribution >= 0.6 is 0 Å². The highest BCUT2D eigenvalue weighted by Crippen LogP contribution is 2.04. The van der Waals surface area contributed by atoms with Gasteiger partial charge in [0.05, 0.1) is 7.11 Å². The molecule has 2 nitrogen and oxygen atoms in total. The average Bonchev–Trinajstić information content (AvgIpc) is 2.10. The predicted molar refractivity (Wildman–Crippen MR) is 49.6 cm³/mol. The van der Waals surface area contributed by atoms with Crippen molar-refractivity contribution in [2.24, 2.45) is 0 Å². The van der Waals surface area contributed by atoms with Gasteiger partial charge in [-0.3, -0.25) is 4.79 Å². The Kier molecular flexibility index (Phi) is 7.76. The first kappa shape index (κ1) is 11.2. The third kappa shape index (κ3) is 7.32. The van der Waals surface area contributed by atoms with Crippen molar-refractivity contribution in [1.29, 1.82) is 0 Å². The summed E-state index contributed by atoms with van der Waals surface area (Å²) in [5.74, 6) is -0.109. The van der Waals surface area contributed by atoms with Crippen molar-refractivity contribution < 1.29 is 9.53 Å². The van der Waals surface area contributed by atoms with Crippen LogP contribution in [-0.2, 0) is 9.53 Å². The van der Waals surface area contributed by atoms with Gasteiger partial charge in [0.15, 0.2) is 0 Å². The summed E-state index contributed by atoms with van der Waals surface area (Å²) in [4.78, 5) is 10.7. The Hall–Kier alpha value is -0.790. The molecule has 0 aromatic carbocycles. The number of allylic oxidation sites excluding steroid dienone is 2. The molecule has 0 saturated heterocycles. The molecular formula is C10H17O2. The molecule has 0 saturated carbocycles. The second kappa shape index (κ2) is 8.31. The molecule has 0 heterocycles. The van der Waals surface area contributed by atoms with Crippen molar-refractivity contribution in [3.8, 4) is 0 Å². The average molecular weight is 169 g/mol. The predicted octanol–water partition coefficient (Wildman–Crippen LogP) is 2.50. The molecule has 0 aliphatic rings. The van der Waals surface area contributed by atoms with E-state index in [9.17, 15) is 4.79 Å². The summed E-state index contributed by atoms with van der Waals surface area (Å²) in [6.45, 7) is 3.59. The second-order valence-corrected chi connectivity index (χ2v) is 2.65. The van der Waals surface area contributed by atoms with Crippen LogP contribution < -0.4 is 0 Å². The topological polar surface area (TPSA) is 26.3 Å². The van der Waals surface area contributed by atoms with Crippen LogP contribution in [0.4, 0.5) is 0 Å². The van der Waals surface area contributed by atoms with Crippen LogP contribution in [0.2, 0.25) is 0 Å². The van der Waals surface area contributed by atoms with E-state index in [0.717, 1.165) is 25.7 Å². The number of hydrogen-bond acceptors (Lipinski definition) is 2. The maximum atomic E-state index is 10.7. The summed E-state index contributed by atoms with van der Waals surface area (Å²) in [6.07, 6.45) is 8.59. The van der Waals surface area contributed by atoms with Crippen molar-refractivity contribution >= 4 is 5.97 Å². The van der Waals surface area contributed by atoms with Gasteiger partial charge in [-0.1, -0.05) is 18.6 Å². The molecular weight excluding hydrogens is 152 g/mol. The van der Waals surface area contributed by atoms with Crippen LogP contribution in [0, 0.1) is 6.92 Å². The summed E-state index contributed by atoms with van der Waals surface area (Å²) in [6, 6.07) is 0. The molecule has 0 spiro atoms. The van der Waals surface area contributed by atoms with Crippen LogP contribution in [0.1, 0.15) is 32.1 Å². The Balaban J connectivity index is 3.05. The van der Waals surface area contributed by atoms with Gasteiger partial charge in [-0.15, -0.1) is 0 Å². The highest BCUT2D eigenvalue weighted by molar-refractivity contribution is 5.68. The van der Waals surface area contributed by atoms with E-state index in [4.69, 9.17) is 0 Å². The summed E-state index contributed by atoms with van der Waals surface area (Å²) >= 11 is 0. The van der Waals surface area contributed by atoms with Crippen molar-refractivity contribution in [1.82, 2.24) is 0 Å². The lowest BCUT2D eigenvalue weighted by Gasteiger charge is -1.97. The van der Waals surface area contributed by atoms with E-state index in [1.54, 1.807) is 6.08 Å². The van der Waals surface area contributed by atoms with E-state index in [1.807, 2.05) is 6.08 Å². The van der Waals surface area contributed by atoms with E-state index in [0.29, 0.717) is 6.42 Å². The number of ether oxygens (including phenoxy) is 1. The zero-order chi connectivity index (χ0) is 9.23. The molecule has 1 radical (unpaired) electrons. The maximum absolute atomic E-state index is 10.7. The first-order valence-electron chi connectivity index (χ1n) is 4.32. The third-order valence-electron chi connectivity index (χ3n) is 1.65. The van der Waals surface area contributed by atoms with Gasteiger partial charge in [0.25, 0.3) is 0 Å². The Morgan fingerprint density at radius 3 is 2.75 bits per heavy atom. The standard InChI is InChI=1S/C10H17O2/c1-3-4-5-6-7-8-9-10(11)12-2/h3-4H,1,5-9H2,2H3. The van der Waals surface area contributed by atoms with E-state index in [2.05, 4.69) is 11.7 Å². The molecule has 0 N–H and O–H groups in total. The lowest BCUT2D eigenvalue weighted by molar-refractivity contribution is -0.140. The zero-order valence-electron chi connectivity index (χ0n) is 7.71. The SMILES string of the molecule is [CH2]C=CCCCCCC(=O)OC.